The van der Waals surface area contributed by atoms with Crippen molar-refractivity contribution < 1.29 is 9.47 Å². The molecule has 0 unspecified atom stereocenters. The van der Waals surface area contributed by atoms with Crippen LogP contribution >= 0.6 is 27.5 Å². The van der Waals surface area contributed by atoms with Gasteiger partial charge < -0.3 is 9.47 Å². The number of benzene rings is 1. The molecule has 1 aromatic rings. The maximum atomic E-state index is 5.80. The molecule has 0 aliphatic carbocycles. The first kappa shape index (κ1) is 13.8. The summed E-state index contributed by atoms with van der Waals surface area (Å²) in [7, 11) is 0. The third kappa shape index (κ3) is 4.73. The molecule has 0 saturated heterocycles. The van der Waals surface area contributed by atoms with Crippen LogP contribution in [0.25, 0.3) is 0 Å². The highest BCUT2D eigenvalue weighted by Crippen LogP contribution is 2.24. The van der Waals surface area contributed by atoms with E-state index in [9.17, 15) is 0 Å². The van der Waals surface area contributed by atoms with Crippen molar-refractivity contribution in [2.45, 2.75) is 19.2 Å². The predicted octanol–water partition coefficient (Wildman–Crippen LogP) is 3.99. The Balaban J connectivity index is 2.36. The molecular weight excluding hydrogens is 291 g/mol. The molecule has 1 aromatic carbocycles. The zero-order chi connectivity index (χ0) is 11.8. The Morgan fingerprint density at radius 1 is 1.31 bits per heavy atom. The first-order chi connectivity index (χ1) is 7.77. The lowest BCUT2D eigenvalue weighted by Gasteiger charge is -2.08. The van der Waals surface area contributed by atoms with Gasteiger partial charge in [0.05, 0.1) is 6.61 Å². The van der Waals surface area contributed by atoms with Crippen molar-refractivity contribution in [3.05, 3.63) is 28.2 Å². The summed E-state index contributed by atoms with van der Waals surface area (Å²) >= 11 is 9.23. The van der Waals surface area contributed by atoms with Crippen molar-refractivity contribution in [3.8, 4) is 5.75 Å². The van der Waals surface area contributed by atoms with Gasteiger partial charge in [-0.3, -0.25) is 0 Å². The van der Waals surface area contributed by atoms with Gasteiger partial charge in [0.25, 0.3) is 0 Å². The van der Waals surface area contributed by atoms with Gasteiger partial charge in [0, 0.05) is 30.0 Å². The molecular formula is C12H16BrClO2. The lowest BCUT2D eigenvalue weighted by molar-refractivity contribution is 0.131. The molecule has 1 rings (SSSR count). The Bertz CT molecular complexity index is 318. The van der Waals surface area contributed by atoms with Crippen LogP contribution in [0.5, 0.6) is 5.75 Å². The van der Waals surface area contributed by atoms with E-state index < -0.39 is 0 Å². The second kappa shape index (κ2) is 7.93. The Labute approximate surface area is 110 Å². The molecule has 0 spiro atoms. The van der Waals surface area contributed by atoms with E-state index in [0.29, 0.717) is 12.5 Å². The standard InChI is InChI=1S/C12H16BrClO2/c1-2-15-6-3-7-16-11-4-5-12(13)10(8-11)9-14/h4-5,8H,2-3,6-7,9H2,1H3. The first-order valence-corrected chi connectivity index (χ1v) is 6.65. The van der Waals surface area contributed by atoms with Crippen molar-refractivity contribution in [2.24, 2.45) is 0 Å². The monoisotopic (exact) mass is 306 g/mol. The highest BCUT2D eigenvalue weighted by Gasteiger charge is 2.01. The number of halogens is 2. The molecule has 0 saturated carbocycles. The summed E-state index contributed by atoms with van der Waals surface area (Å²) in [6.45, 7) is 4.16. The first-order valence-electron chi connectivity index (χ1n) is 5.33. The van der Waals surface area contributed by atoms with Gasteiger partial charge in [-0.25, -0.2) is 0 Å². The van der Waals surface area contributed by atoms with Crippen molar-refractivity contribution in [3.63, 3.8) is 0 Å². The largest absolute Gasteiger partial charge is 0.493 e. The summed E-state index contributed by atoms with van der Waals surface area (Å²) in [6, 6.07) is 5.84. The van der Waals surface area contributed by atoms with Crippen LogP contribution in [-0.4, -0.2) is 19.8 Å². The molecule has 4 heteroatoms. The molecule has 16 heavy (non-hydrogen) atoms. The van der Waals surface area contributed by atoms with E-state index in [1.165, 1.54) is 0 Å². The third-order valence-corrected chi connectivity index (χ3v) is 3.13. The van der Waals surface area contributed by atoms with Crippen molar-refractivity contribution in [1.82, 2.24) is 0 Å². The van der Waals surface area contributed by atoms with Crippen LogP contribution in [0, 0.1) is 0 Å². The molecule has 0 fully saturated rings. The van der Waals surface area contributed by atoms with Gasteiger partial charge in [0.1, 0.15) is 5.75 Å². The second-order valence-electron chi connectivity index (χ2n) is 3.29. The van der Waals surface area contributed by atoms with Crippen LogP contribution in [0.3, 0.4) is 0 Å². The smallest absolute Gasteiger partial charge is 0.119 e. The Morgan fingerprint density at radius 3 is 2.81 bits per heavy atom. The van der Waals surface area contributed by atoms with Crippen LogP contribution in [0.1, 0.15) is 18.9 Å². The fourth-order valence-corrected chi connectivity index (χ4v) is 2.01. The van der Waals surface area contributed by atoms with E-state index in [1.807, 2.05) is 25.1 Å². The molecule has 0 aromatic heterocycles. The van der Waals surface area contributed by atoms with Gasteiger partial charge in [-0.15, -0.1) is 11.6 Å². The van der Waals surface area contributed by atoms with Crippen LogP contribution in [0.15, 0.2) is 22.7 Å². The van der Waals surface area contributed by atoms with Gasteiger partial charge in [0.2, 0.25) is 0 Å². The SMILES string of the molecule is CCOCCCOc1ccc(Br)c(CCl)c1. The zero-order valence-corrected chi connectivity index (χ0v) is 11.7. The minimum atomic E-state index is 0.483. The van der Waals surface area contributed by atoms with Crippen molar-refractivity contribution in [2.75, 3.05) is 19.8 Å². The normalized spacial score (nSPS) is 10.4. The molecule has 0 atom stereocenters. The van der Waals surface area contributed by atoms with E-state index in [2.05, 4.69) is 15.9 Å². The molecule has 0 amide bonds. The number of rotatable bonds is 7. The van der Waals surface area contributed by atoms with E-state index in [4.69, 9.17) is 21.1 Å². The molecule has 90 valence electrons. The maximum Gasteiger partial charge on any atom is 0.119 e. The lowest BCUT2D eigenvalue weighted by Crippen LogP contribution is -2.03. The molecule has 0 N–H and O–H groups in total. The Kier molecular flexibility index (Phi) is 6.85. The average molecular weight is 308 g/mol. The van der Waals surface area contributed by atoms with Crippen LogP contribution in [0.2, 0.25) is 0 Å². The third-order valence-electron chi connectivity index (χ3n) is 2.07. The van der Waals surface area contributed by atoms with Gasteiger partial charge >= 0.3 is 0 Å². The van der Waals surface area contributed by atoms with Crippen LogP contribution in [0.4, 0.5) is 0 Å². The number of hydrogen-bond donors (Lipinski definition) is 0. The topological polar surface area (TPSA) is 18.5 Å². The van der Waals surface area contributed by atoms with Crippen molar-refractivity contribution in [1.29, 1.82) is 0 Å². The minimum absolute atomic E-state index is 0.483. The average Bonchev–Trinajstić information content (AvgIpc) is 2.31. The quantitative estimate of drug-likeness (QED) is 0.560. The molecule has 0 heterocycles. The van der Waals surface area contributed by atoms with Crippen molar-refractivity contribution >= 4 is 27.5 Å². The minimum Gasteiger partial charge on any atom is -0.493 e. The Hall–Kier alpha value is -0.250. The van der Waals surface area contributed by atoms with E-state index in [1.54, 1.807) is 0 Å². The molecule has 0 bridgehead atoms. The van der Waals surface area contributed by atoms with E-state index in [-0.39, 0.29) is 0 Å². The molecule has 0 radical (unpaired) electrons. The fourth-order valence-electron chi connectivity index (χ4n) is 1.24. The fraction of sp³-hybridized carbons (Fsp3) is 0.500. The summed E-state index contributed by atoms with van der Waals surface area (Å²) in [5.74, 6) is 1.34. The van der Waals surface area contributed by atoms with Gasteiger partial charge in [-0.1, -0.05) is 15.9 Å². The van der Waals surface area contributed by atoms with Gasteiger partial charge in [-0.2, -0.15) is 0 Å². The van der Waals surface area contributed by atoms with Crippen LogP contribution < -0.4 is 4.74 Å². The summed E-state index contributed by atoms with van der Waals surface area (Å²) in [5, 5.41) is 0. The second-order valence-corrected chi connectivity index (χ2v) is 4.41. The maximum absolute atomic E-state index is 5.80. The number of hydrogen-bond acceptors (Lipinski definition) is 2. The predicted molar refractivity (Wildman–Crippen MR) is 70.3 cm³/mol. The summed E-state index contributed by atoms with van der Waals surface area (Å²) < 4.78 is 11.8. The van der Waals surface area contributed by atoms with E-state index in [0.717, 1.165) is 35.4 Å². The Morgan fingerprint density at radius 2 is 2.12 bits per heavy atom. The van der Waals surface area contributed by atoms with Crippen LogP contribution in [-0.2, 0) is 10.6 Å². The highest BCUT2D eigenvalue weighted by atomic mass is 79.9. The highest BCUT2D eigenvalue weighted by molar-refractivity contribution is 9.10. The number of alkyl halides is 1. The summed E-state index contributed by atoms with van der Waals surface area (Å²) in [5.41, 5.74) is 1.05. The molecule has 0 aliphatic rings. The lowest BCUT2D eigenvalue weighted by atomic mass is 10.2. The molecule has 0 aliphatic heterocycles. The zero-order valence-electron chi connectivity index (χ0n) is 9.34. The summed E-state index contributed by atoms with van der Waals surface area (Å²) in [4.78, 5) is 0. The summed E-state index contributed by atoms with van der Waals surface area (Å²) in [6.07, 6.45) is 0.903. The van der Waals surface area contributed by atoms with Gasteiger partial charge in [-0.05, 0) is 30.7 Å². The molecule has 2 nitrogen and oxygen atoms in total. The van der Waals surface area contributed by atoms with E-state index >= 15 is 0 Å². The van der Waals surface area contributed by atoms with Gasteiger partial charge in [0.15, 0.2) is 0 Å². The number of ether oxygens (including phenoxy) is 2.